The molecule has 0 radical (unpaired) electrons. The van der Waals surface area contributed by atoms with E-state index < -0.39 is 23.8 Å². The largest absolute Gasteiger partial charge is 0.465 e. The van der Waals surface area contributed by atoms with E-state index in [1.165, 1.54) is 41.6 Å². The first-order chi connectivity index (χ1) is 20.3. The lowest BCUT2D eigenvalue weighted by molar-refractivity contribution is -0.129. The van der Waals surface area contributed by atoms with Crippen LogP contribution < -0.4 is 0 Å². The van der Waals surface area contributed by atoms with E-state index in [9.17, 15) is 14.7 Å². The van der Waals surface area contributed by atoms with Gasteiger partial charge >= 0.3 is 6.09 Å². The third-order valence-electron chi connectivity index (χ3n) is 7.66. The van der Waals surface area contributed by atoms with Crippen LogP contribution in [-0.4, -0.2) is 74.7 Å². The molecule has 15 heteroatoms. The van der Waals surface area contributed by atoms with Gasteiger partial charge in [0.05, 0.1) is 40.9 Å². The smallest absolute Gasteiger partial charge is 0.407 e. The molecule has 0 saturated carbocycles. The fraction of sp³-hybridized carbons (Fsp3) is 0.296. The number of fused-ring (bicyclic) bond motifs is 1. The van der Waals surface area contributed by atoms with Gasteiger partial charge in [-0.15, -0.1) is 5.10 Å². The number of amides is 2. The molecule has 2 amide bonds. The van der Waals surface area contributed by atoms with Crippen molar-refractivity contribution >= 4 is 29.2 Å². The molecule has 1 aromatic carbocycles. The van der Waals surface area contributed by atoms with Gasteiger partial charge in [-0.3, -0.25) is 9.78 Å². The van der Waals surface area contributed by atoms with Crippen molar-refractivity contribution in [3.05, 3.63) is 76.7 Å². The SMILES string of the molecule is CCN(Cc1nccc(-c2cnc([C@@H]3CC[C@@H]4CC(c5c(-n6cnnn6)ccc(Cl)c5F)=CC(=O)N43)[nH]2)c1F)C(=O)O. The average Bonchev–Trinajstić information content (AvgIpc) is 3.75. The zero-order chi connectivity index (χ0) is 29.5. The maximum Gasteiger partial charge on any atom is 0.407 e. The maximum absolute atomic E-state index is 15.4. The van der Waals surface area contributed by atoms with Crippen molar-refractivity contribution in [1.82, 2.24) is 45.0 Å². The summed E-state index contributed by atoms with van der Waals surface area (Å²) in [6, 6.07) is 3.87. The lowest BCUT2D eigenvalue weighted by atomic mass is 9.92. The van der Waals surface area contributed by atoms with Crippen molar-refractivity contribution in [2.75, 3.05) is 6.54 Å². The Bertz CT molecular complexity index is 1710. The van der Waals surface area contributed by atoms with Crippen LogP contribution in [0.15, 0.2) is 43.0 Å². The van der Waals surface area contributed by atoms with E-state index in [2.05, 4.69) is 30.5 Å². The number of nitrogens with zero attached hydrogens (tertiary/aromatic N) is 8. The minimum atomic E-state index is -1.17. The van der Waals surface area contributed by atoms with Crippen LogP contribution in [0.2, 0.25) is 5.02 Å². The number of carbonyl (C=O) groups is 2. The number of benzene rings is 1. The molecule has 12 nitrogen and oxygen atoms in total. The Morgan fingerprint density at radius 3 is 2.79 bits per heavy atom. The van der Waals surface area contributed by atoms with Crippen LogP contribution in [0.4, 0.5) is 13.6 Å². The normalized spacial score (nSPS) is 18.2. The fourth-order valence-electron chi connectivity index (χ4n) is 5.65. The van der Waals surface area contributed by atoms with E-state index >= 15 is 8.78 Å². The summed E-state index contributed by atoms with van der Waals surface area (Å²) in [5.41, 5.74) is 1.58. The molecule has 2 aliphatic heterocycles. The van der Waals surface area contributed by atoms with Gasteiger partial charge in [-0.1, -0.05) is 11.6 Å². The van der Waals surface area contributed by atoms with Gasteiger partial charge in [-0.25, -0.2) is 18.6 Å². The summed E-state index contributed by atoms with van der Waals surface area (Å²) in [6.07, 6.45) is 6.07. The maximum atomic E-state index is 15.4. The lowest BCUT2D eigenvalue weighted by Gasteiger charge is -2.33. The van der Waals surface area contributed by atoms with Gasteiger partial charge in [0.1, 0.15) is 12.2 Å². The molecule has 0 bridgehead atoms. The summed E-state index contributed by atoms with van der Waals surface area (Å²) in [7, 11) is 0. The molecule has 2 aliphatic rings. The van der Waals surface area contributed by atoms with Crippen molar-refractivity contribution in [1.29, 1.82) is 0 Å². The summed E-state index contributed by atoms with van der Waals surface area (Å²) in [5.74, 6) is -1.14. The molecular formula is C27H24ClF2N9O3. The third-order valence-corrected chi connectivity index (χ3v) is 7.95. The van der Waals surface area contributed by atoms with E-state index in [0.29, 0.717) is 42.0 Å². The number of H-pyrrole nitrogens is 1. The number of imidazole rings is 1. The van der Waals surface area contributed by atoms with Crippen molar-refractivity contribution in [2.45, 2.75) is 44.8 Å². The highest BCUT2D eigenvalue weighted by Gasteiger charge is 2.42. The van der Waals surface area contributed by atoms with Gasteiger partial charge in [-0.2, -0.15) is 4.68 Å². The second kappa shape index (κ2) is 10.9. The zero-order valence-electron chi connectivity index (χ0n) is 22.2. The first-order valence-electron chi connectivity index (χ1n) is 13.2. The highest BCUT2D eigenvalue weighted by atomic mass is 35.5. The number of hydrogen-bond acceptors (Lipinski definition) is 7. The van der Waals surface area contributed by atoms with Gasteiger partial charge in [-0.05, 0) is 60.4 Å². The number of nitrogens with one attached hydrogen (secondary N) is 1. The van der Waals surface area contributed by atoms with E-state index in [1.54, 1.807) is 17.9 Å². The summed E-state index contributed by atoms with van der Waals surface area (Å²) in [5, 5.41) is 20.3. The minimum absolute atomic E-state index is 0.00741. The van der Waals surface area contributed by atoms with Crippen molar-refractivity contribution in [3.8, 4) is 16.9 Å². The van der Waals surface area contributed by atoms with Crippen LogP contribution in [0.25, 0.3) is 22.5 Å². The van der Waals surface area contributed by atoms with Gasteiger partial charge < -0.3 is 19.9 Å². The molecule has 0 aliphatic carbocycles. The highest BCUT2D eigenvalue weighted by Crippen LogP contribution is 2.44. The predicted octanol–water partition coefficient (Wildman–Crippen LogP) is 4.40. The average molecular weight is 596 g/mol. The van der Waals surface area contributed by atoms with Gasteiger partial charge in [0.25, 0.3) is 0 Å². The summed E-state index contributed by atoms with van der Waals surface area (Å²) in [6.45, 7) is 1.64. The minimum Gasteiger partial charge on any atom is -0.465 e. The van der Waals surface area contributed by atoms with Gasteiger partial charge in [0.15, 0.2) is 11.6 Å². The van der Waals surface area contributed by atoms with Crippen LogP contribution in [0.3, 0.4) is 0 Å². The first-order valence-corrected chi connectivity index (χ1v) is 13.6. The molecular weight excluding hydrogens is 572 g/mol. The Balaban J connectivity index is 1.28. The van der Waals surface area contributed by atoms with Crippen LogP contribution in [0.1, 0.15) is 49.3 Å². The number of hydrogen-bond donors (Lipinski definition) is 2. The topological polar surface area (TPSA) is 146 Å². The molecule has 5 heterocycles. The van der Waals surface area contributed by atoms with Crippen LogP contribution in [0.5, 0.6) is 0 Å². The molecule has 42 heavy (non-hydrogen) atoms. The Kier molecular flexibility index (Phi) is 7.14. The predicted molar refractivity (Wildman–Crippen MR) is 145 cm³/mol. The molecule has 0 spiro atoms. The molecule has 4 aromatic rings. The quantitative estimate of drug-likeness (QED) is 0.320. The standard InChI is InChI=1S/C27H24ClF2N9O3/c1-2-37(27(41)42)12-19-24(29)16(7-8-31-19)18-11-32-26(34-18)21-5-3-15-9-14(10-22(40)39(15)21)23-20(38-13-33-35-36-38)6-4-17(28)25(23)30/h4,6-8,10-11,13,15,21H,2-3,5,9,12H2,1H3,(H,32,34)(H,41,42)/t15-,21+/m1/s1. The third kappa shape index (κ3) is 4.76. The molecule has 2 N–H and O–H groups in total. The van der Waals surface area contributed by atoms with Crippen LogP contribution in [0, 0.1) is 11.6 Å². The zero-order valence-corrected chi connectivity index (χ0v) is 23.0. The number of carboxylic acid groups (broad SMARTS) is 1. The fourth-order valence-corrected chi connectivity index (χ4v) is 5.81. The van der Waals surface area contributed by atoms with E-state index in [4.69, 9.17) is 11.6 Å². The lowest BCUT2D eigenvalue weighted by Crippen LogP contribution is -2.39. The van der Waals surface area contributed by atoms with Gasteiger partial charge in [0, 0.05) is 36.0 Å². The van der Waals surface area contributed by atoms with Gasteiger partial charge in [0.2, 0.25) is 5.91 Å². The Hall–Kier alpha value is -4.72. The Labute approximate surface area is 242 Å². The molecule has 6 rings (SSSR count). The summed E-state index contributed by atoms with van der Waals surface area (Å²) >= 11 is 6.11. The highest BCUT2D eigenvalue weighted by molar-refractivity contribution is 6.31. The van der Waals surface area contributed by atoms with Crippen molar-refractivity contribution in [3.63, 3.8) is 0 Å². The molecule has 2 atom stereocenters. The van der Waals surface area contributed by atoms with Crippen LogP contribution in [-0.2, 0) is 11.3 Å². The number of pyridine rings is 1. The second-order valence-corrected chi connectivity index (χ2v) is 10.4. The number of rotatable bonds is 7. The molecule has 1 fully saturated rings. The number of tetrazole rings is 1. The van der Waals surface area contributed by atoms with E-state index in [1.807, 2.05) is 0 Å². The second-order valence-electron chi connectivity index (χ2n) is 9.97. The molecule has 1 saturated heterocycles. The molecule has 3 aromatic heterocycles. The van der Waals surface area contributed by atoms with E-state index in [0.717, 1.165) is 4.90 Å². The number of halogens is 3. The monoisotopic (exact) mass is 595 g/mol. The molecule has 0 unspecified atom stereocenters. The first kappa shape index (κ1) is 27.4. The Morgan fingerprint density at radius 2 is 2.05 bits per heavy atom. The number of aromatic nitrogens is 7. The van der Waals surface area contributed by atoms with Crippen LogP contribution >= 0.6 is 11.6 Å². The van der Waals surface area contributed by atoms with Crippen molar-refractivity contribution in [2.24, 2.45) is 0 Å². The number of carbonyl (C=O) groups excluding carboxylic acids is 1. The summed E-state index contributed by atoms with van der Waals surface area (Å²) in [4.78, 5) is 39.3. The number of aromatic amines is 1. The Morgan fingerprint density at radius 1 is 1.21 bits per heavy atom. The molecule has 216 valence electrons. The summed E-state index contributed by atoms with van der Waals surface area (Å²) < 4.78 is 32.0. The van der Waals surface area contributed by atoms with E-state index in [-0.39, 0.29) is 46.9 Å². The van der Waals surface area contributed by atoms with Crippen molar-refractivity contribution < 1.29 is 23.5 Å².